The lowest BCUT2D eigenvalue weighted by atomic mass is 9.79. The maximum Gasteiger partial charge on any atom is 0.129 e. The predicted octanol–water partition coefficient (Wildman–Crippen LogP) is 3.32. The zero-order valence-corrected chi connectivity index (χ0v) is 14.2. The van der Waals surface area contributed by atoms with Gasteiger partial charge in [-0.05, 0) is 30.9 Å². The van der Waals surface area contributed by atoms with E-state index < -0.39 is 0 Å². The summed E-state index contributed by atoms with van der Waals surface area (Å²) in [6, 6.07) is 9.11. The van der Waals surface area contributed by atoms with Gasteiger partial charge >= 0.3 is 0 Å². The number of nitrogens with zero attached hydrogens (tertiary/aromatic N) is 2. The van der Waals surface area contributed by atoms with Crippen molar-refractivity contribution >= 4 is 30.6 Å². The molecule has 0 amide bonds. The van der Waals surface area contributed by atoms with Crippen LogP contribution in [0.4, 0.5) is 10.2 Å². The maximum atomic E-state index is 13.5. The molecule has 1 fully saturated rings. The molecular formula is C16H21Cl2FN4. The lowest BCUT2D eigenvalue weighted by molar-refractivity contribution is 0.345. The van der Waals surface area contributed by atoms with E-state index in [1.807, 2.05) is 12.1 Å². The molecule has 0 bridgehead atoms. The second-order valence-corrected chi connectivity index (χ2v) is 5.52. The number of nitrogens with two attached hydrogens (primary N) is 1. The van der Waals surface area contributed by atoms with Crippen molar-refractivity contribution in [1.29, 1.82) is 0 Å². The molecule has 0 aliphatic heterocycles. The van der Waals surface area contributed by atoms with Gasteiger partial charge in [-0.1, -0.05) is 18.2 Å². The molecule has 126 valence electrons. The highest BCUT2D eigenvalue weighted by molar-refractivity contribution is 5.85. The molecule has 23 heavy (non-hydrogen) atoms. The van der Waals surface area contributed by atoms with Crippen molar-refractivity contribution in [2.24, 2.45) is 5.73 Å². The van der Waals surface area contributed by atoms with E-state index in [1.165, 1.54) is 6.07 Å². The molecule has 1 aliphatic carbocycles. The number of rotatable bonds is 5. The molecule has 0 unspecified atom stereocenters. The summed E-state index contributed by atoms with van der Waals surface area (Å²) < 4.78 is 13.5. The third-order valence-electron chi connectivity index (χ3n) is 3.94. The summed E-state index contributed by atoms with van der Waals surface area (Å²) in [6.07, 6.45) is 4.18. The number of hydrogen-bond donors (Lipinski definition) is 2. The summed E-state index contributed by atoms with van der Waals surface area (Å²) in [7, 11) is 0. The first-order chi connectivity index (χ1) is 10.2. The third-order valence-corrected chi connectivity index (χ3v) is 3.94. The Kier molecular flexibility index (Phi) is 7.68. The lowest BCUT2D eigenvalue weighted by Gasteiger charge is -2.31. The van der Waals surface area contributed by atoms with Crippen LogP contribution in [0, 0.1) is 5.82 Å². The van der Waals surface area contributed by atoms with E-state index >= 15 is 0 Å². The molecule has 1 saturated carbocycles. The van der Waals surface area contributed by atoms with Gasteiger partial charge in [-0.3, -0.25) is 0 Å². The molecule has 4 nitrogen and oxygen atoms in total. The van der Waals surface area contributed by atoms with Gasteiger partial charge in [0, 0.05) is 30.3 Å². The van der Waals surface area contributed by atoms with E-state index in [0.29, 0.717) is 30.5 Å². The summed E-state index contributed by atoms with van der Waals surface area (Å²) >= 11 is 0. The molecule has 0 atom stereocenters. The highest BCUT2D eigenvalue weighted by Crippen LogP contribution is 2.34. The molecule has 0 radical (unpaired) electrons. The maximum absolute atomic E-state index is 13.5. The summed E-state index contributed by atoms with van der Waals surface area (Å²) in [5.41, 5.74) is 7.56. The molecule has 2 aromatic rings. The van der Waals surface area contributed by atoms with E-state index in [0.717, 1.165) is 24.4 Å². The van der Waals surface area contributed by atoms with E-state index in [4.69, 9.17) is 5.73 Å². The molecule has 1 aromatic heterocycles. The summed E-state index contributed by atoms with van der Waals surface area (Å²) in [5, 5.41) is 3.23. The second-order valence-electron chi connectivity index (χ2n) is 5.52. The normalized spacial score (nSPS) is 19.0. The Hall–Kier alpha value is -1.43. The van der Waals surface area contributed by atoms with Crippen molar-refractivity contribution in [3.05, 3.63) is 53.7 Å². The Morgan fingerprint density at radius 2 is 1.91 bits per heavy atom. The van der Waals surface area contributed by atoms with E-state index in [2.05, 4.69) is 15.3 Å². The minimum absolute atomic E-state index is 0. The molecule has 1 aliphatic rings. The average molecular weight is 359 g/mol. The molecule has 0 saturated heterocycles. The standard InChI is InChI=1S/C16H19FN4.2ClH/c17-14-4-2-1-3-11(14)5-6-19-16-9-15(20-10-21-16)12-7-13(18)8-12;;/h1-4,9-10,12-13H,5-8,18H2,(H,19,20,21);2*1H. The van der Waals surface area contributed by atoms with Gasteiger partial charge in [-0.2, -0.15) is 0 Å². The molecule has 0 spiro atoms. The van der Waals surface area contributed by atoms with Crippen LogP contribution in [0.3, 0.4) is 0 Å². The van der Waals surface area contributed by atoms with Gasteiger partial charge in [-0.25, -0.2) is 14.4 Å². The van der Waals surface area contributed by atoms with Crippen molar-refractivity contribution in [1.82, 2.24) is 9.97 Å². The summed E-state index contributed by atoms with van der Waals surface area (Å²) in [5.74, 6) is 1.08. The van der Waals surface area contributed by atoms with Gasteiger partial charge in [0.2, 0.25) is 0 Å². The Morgan fingerprint density at radius 3 is 2.61 bits per heavy atom. The van der Waals surface area contributed by atoms with E-state index in [1.54, 1.807) is 18.5 Å². The van der Waals surface area contributed by atoms with Crippen molar-refractivity contribution in [3.8, 4) is 0 Å². The Morgan fingerprint density at radius 1 is 1.17 bits per heavy atom. The molecule has 7 heteroatoms. The highest BCUT2D eigenvalue weighted by Gasteiger charge is 2.28. The second kappa shape index (κ2) is 9.01. The van der Waals surface area contributed by atoms with E-state index in [9.17, 15) is 4.39 Å². The summed E-state index contributed by atoms with van der Waals surface area (Å²) in [6.45, 7) is 0.640. The van der Waals surface area contributed by atoms with Crippen LogP contribution in [0.25, 0.3) is 0 Å². The number of hydrogen-bond acceptors (Lipinski definition) is 4. The Balaban J connectivity index is 0.00000132. The van der Waals surface area contributed by atoms with Crippen LogP contribution < -0.4 is 11.1 Å². The lowest BCUT2D eigenvalue weighted by Crippen LogP contribution is -2.35. The minimum Gasteiger partial charge on any atom is -0.370 e. The topological polar surface area (TPSA) is 63.8 Å². The molecule has 1 heterocycles. The van der Waals surface area contributed by atoms with Gasteiger partial charge in [0.15, 0.2) is 0 Å². The SMILES string of the molecule is Cl.Cl.NC1CC(c2cc(NCCc3ccccc3F)ncn2)C1. The number of aromatic nitrogens is 2. The smallest absolute Gasteiger partial charge is 0.129 e. The van der Waals surface area contributed by atoms with Gasteiger partial charge in [0.05, 0.1) is 0 Å². The first-order valence-corrected chi connectivity index (χ1v) is 7.27. The van der Waals surface area contributed by atoms with Crippen molar-refractivity contribution in [2.45, 2.75) is 31.2 Å². The highest BCUT2D eigenvalue weighted by atomic mass is 35.5. The van der Waals surface area contributed by atoms with Gasteiger partial charge in [0.1, 0.15) is 18.0 Å². The third kappa shape index (κ3) is 5.03. The number of halogens is 3. The van der Waals surface area contributed by atoms with Crippen LogP contribution in [0.15, 0.2) is 36.7 Å². The van der Waals surface area contributed by atoms with Crippen molar-refractivity contribution < 1.29 is 4.39 Å². The van der Waals surface area contributed by atoms with Crippen LogP contribution in [-0.2, 0) is 6.42 Å². The van der Waals surface area contributed by atoms with Crippen LogP contribution >= 0.6 is 24.8 Å². The van der Waals surface area contributed by atoms with Gasteiger partial charge < -0.3 is 11.1 Å². The zero-order chi connectivity index (χ0) is 14.7. The van der Waals surface area contributed by atoms with Crippen molar-refractivity contribution in [3.63, 3.8) is 0 Å². The molecule has 1 aromatic carbocycles. The van der Waals surface area contributed by atoms with Gasteiger partial charge in [-0.15, -0.1) is 24.8 Å². The zero-order valence-electron chi connectivity index (χ0n) is 12.6. The van der Waals surface area contributed by atoms with Crippen molar-refractivity contribution in [2.75, 3.05) is 11.9 Å². The first kappa shape index (κ1) is 19.6. The number of nitrogens with one attached hydrogen (secondary N) is 1. The molecular weight excluding hydrogens is 338 g/mol. The van der Waals surface area contributed by atoms with Crippen LogP contribution in [0.2, 0.25) is 0 Å². The quantitative estimate of drug-likeness (QED) is 0.860. The summed E-state index contributed by atoms with van der Waals surface area (Å²) in [4.78, 5) is 8.52. The van der Waals surface area contributed by atoms with Gasteiger partial charge in [0.25, 0.3) is 0 Å². The first-order valence-electron chi connectivity index (χ1n) is 7.27. The fourth-order valence-electron chi connectivity index (χ4n) is 2.62. The Labute approximate surface area is 147 Å². The van der Waals surface area contributed by atoms with Crippen LogP contribution in [0.1, 0.15) is 30.0 Å². The van der Waals surface area contributed by atoms with E-state index in [-0.39, 0.29) is 30.6 Å². The number of anilines is 1. The van der Waals surface area contributed by atoms with Crippen LogP contribution in [-0.4, -0.2) is 22.6 Å². The number of benzene rings is 1. The molecule has 3 N–H and O–H groups in total. The van der Waals surface area contributed by atoms with Crippen LogP contribution in [0.5, 0.6) is 0 Å². The fraction of sp³-hybridized carbons (Fsp3) is 0.375. The monoisotopic (exact) mass is 358 g/mol. The molecule has 3 rings (SSSR count). The fourth-order valence-corrected chi connectivity index (χ4v) is 2.62. The minimum atomic E-state index is -0.161. The average Bonchev–Trinajstić information content (AvgIpc) is 2.46. The predicted molar refractivity (Wildman–Crippen MR) is 95.1 cm³/mol. The Bertz CT molecular complexity index is 621. The largest absolute Gasteiger partial charge is 0.370 e.